The van der Waals surface area contributed by atoms with Gasteiger partial charge in [-0.05, 0) is 20.0 Å². The Morgan fingerprint density at radius 2 is 2.06 bits per heavy atom. The maximum Gasteiger partial charge on any atom is 0.341 e. The van der Waals surface area contributed by atoms with Crippen LogP contribution in [-0.4, -0.2) is 70.3 Å². The highest BCUT2D eigenvalue weighted by Gasteiger charge is 2.30. The molecule has 0 radical (unpaired) electrons. The minimum Gasteiger partial charge on any atom is -0.487 e. The molecule has 1 fully saturated rings. The summed E-state index contributed by atoms with van der Waals surface area (Å²) in [6.07, 6.45) is 6.43. The zero-order valence-electron chi connectivity index (χ0n) is 17.3. The molecule has 0 aliphatic carbocycles. The minimum absolute atomic E-state index is 0.0434. The Morgan fingerprint density at radius 3 is 2.65 bits per heavy atom. The predicted molar refractivity (Wildman–Crippen MR) is 114 cm³/mol. The van der Waals surface area contributed by atoms with Crippen LogP contribution < -0.4 is 15.1 Å². The van der Waals surface area contributed by atoms with Gasteiger partial charge in [0, 0.05) is 44.8 Å². The van der Waals surface area contributed by atoms with E-state index in [2.05, 4.69) is 14.9 Å². The summed E-state index contributed by atoms with van der Waals surface area (Å²) in [5.74, 6) is -1.54. The second-order valence-corrected chi connectivity index (χ2v) is 7.73. The number of aromatic nitrogens is 3. The monoisotopic (exact) mass is 429 g/mol. The van der Waals surface area contributed by atoms with Crippen LogP contribution in [0.25, 0.3) is 10.9 Å². The molecule has 2 N–H and O–H groups in total. The van der Waals surface area contributed by atoms with E-state index in [1.165, 1.54) is 6.20 Å². The van der Waals surface area contributed by atoms with Crippen molar-refractivity contribution < 1.29 is 19.0 Å². The van der Waals surface area contributed by atoms with Crippen molar-refractivity contribution in [2.45, 2.75) is 13.0 Å². The van der Waals surface area contributed by atoms with Crippen molar-refractivity contribution in [1.29, 1.82) is 0 Å². The molecule has 5 rings (SSSR count). The van der Waals surface area contributed by atoms with Gasteiger partial charge in [-0.1, -0.05) is 0 Å². The molecule has 10 heteroatoms. The number of carboxylic acids is 1. The number of imidazole rings is 1. The van der Waals surface area contributed by atoms with Crippen molar-refractivity contribution >= 4 is 22.6 Å². The molecule has 1 atom stereocenters. The number of benzene rings is 1. The lowest BCUT2D eigenvalue weighted by molar-refractivity contribution is 0.0694. The summed E-state index contributed by atoms with van der Waals surface area (Å²) in [6, 6.07) is 0.994. The zero-order chi connectivity index (χ0) is 22.1. The molecule has 9 nitrogen and oxygen atoms in total. The van der Waals surface area contributed by atoms with Gasteiger partial charge in [0.2, 0.25) is 5.43 Å². The number of carboxylic acid groups (broad SMARTS) is 1. The third kappa shape index (κ3) is 3.86. The van der Waals surface area contributed by atoms with Gasteiger partial charge in [-0.2, -0.15) is 0 Å². The van der Waals surface area contributed by atoms with E-state index < -0.39 is 17.2 Å². The number of likely N-dealkylation sites (N-methyl/N-ethyl adjacent to an activating group) is 1. The Hall–Kier alpha value is -3.40. The predicted octanol–water partition coefficient (Wildman–Crippen LogP) is 1.95. The van der Waals surface area contributed by atoms with Crippen LogP contribution in [0.1, 0.15) is 23.3 Å². The quantitative estimate of drug-likeness (QED) is 0.642. The Bertz CT molecular complexity index is 1140. The normalized spacial score (nSPS) is 18.3. The van der Waals surface area contributed by atoms with Crippen molar-refractivity contribution in [1.82, 2.24) is 19.4 Å². The highest BCUT2D eigenvalue weighted by molar-refractivity contribution is 5.97. The summed E-state index contributed by atoms with van der Waals surface area (Å²) in [6.45, 7) is 5.08. The molecular weight excluding hydrogens is 405 g/mol. The summed E-state index contributed by atoms with van der Waals surface area (Å²) in [4.78, 5) is 34.5. The van der Waals surface area contributed by atoms with Gasteiger partial charge in [-0.25, -0.2) is 14.2 Å². The highest BCUT2D eigenvalue weighted by Crippen LogP contribution is 2.42. The molecule has 0 saturated carbocycles. The van der Waals surface area contributed by atoms with Crippen molar-refractivity contribution in [3.63, 3.8) is 0 Å². The number of aromatic amines is 1. The number of anilines is 1. The van der Waals surface area contributed by atoms with E-state index >= 15 is 0 Å². The fraction of sp³-hybridized carbons (Fsp3) is 0.381. The van der Waals surface area contributed by atoms with Crippen molar-refractivity contribution in [3.05, 3.63) is 52.6 Å². The number of H-pyrrole nitrogens is 1. The molecule has 4 heterocycles. The SMILES string of the molecule is C[C@H]1COc2c(N3CCN(C)CC3)c(F)cc3c(=O)c(C(=O)O)cn1c23.c1c[nH]cn1. The van der Waals surface area contributed by atoms with E-state index in [1.807, 2.05) is 18.9 Å². The van der Waals surface area contributed by atoms with Crippen LogP contribution in [0.15, 0.2) is 35.8 Å². The van der Waals surface area contributed by atoms with Gasteiger partial charge in [0.25, 0.3) is 0 Å². The highest BCUT2D eigenvalue weighted by atomic mass is 19.1. The third-order valence-corrected chi connectivity index (χ3v) is 5.60. The number of piperazine rings is 1. The number of hydrogen-bond acceptors (Lipinski definition) is 6. The molecule has 2 aliphatic rings. The van der Waals surface area contributed by atoms with Gasteiger partial charge in [0.15, 0.2) is 11.6 Å². The number of hydrogen-bond donors (Lipinski definition) is 2. The number of rotatable bonds is 2. The summed E-state index contributed by atoms with van der Waals surface area (Å²) in [7, 11) is 2.02. The maximum atomic E-state index is 15.0. The number of nitrogens with one attached hydrogen (secondary N) is 1. The van der Waals surface area contributed by atoms with E-state index in [4.69, 9.17) is 4.74 Å². The molecule has 3 aromatic rings. The number of halogens is 1. The van der Waals surface area contributed by atoms with Crippen LogP contribution in [0, 0.1) is 5.82 Å². The topological polar surface area (TPSA) is 104 Å². The number of ether oxygens (including phenoxy) is 1. The van der Waals surface area contributed by atoms with E-state index in [0.717, 1.165) is 19.2 Å². The molecule has 31 heavy (non-hydrogen) atoms. The standard InChI is InChI=1S/C18H20FN3O4.C3H4N2/c1-10-9-26-17-14-11(16(23)12(18(24)25)8-22(10)14)7-13(19)15(17)21-5-3-20(2)4-6-21;1-2-5-3-4-1/h7-8,10H,3-6,9H2,1-2H3,(H,24,25);1-3H,(H,4,5)/t10-;/m0./s1. The summed E-state index contributed by atoms with van der Waals surface area (Å²) >= 11 is 0. The van der Waals surface area contributed by atoms with Crippen LogP contribution in [0.3, 0.4) is 0 Å². The second-order valence-electron chi connectivity index (χ2n) is 7.73. The van der Waals surface area contributed by atoms with Crippen LogP contribution in [0.5, 0.6) is 5.75 Å². The zero-order valence-corrected chi connectivity index (χ0v) is 17.3. The van der Waals surface area contributed by atoms with Crippen molar-refractivity contribution in [3.8, 4) is 5.75 Å². The molecule has 1 saturated heterocycles. The second kappa shape index (κ2) is 8.38. The Morgan fingerprint density at radius 1 is 1.32 bits per heavy atom. The first-order valence-corrected chi connectivity index (χ1v) is 10.0. The molecule has 0 unspecified atom stereocenters. The van der Waals surface area contributed by atoms with E-state index in [9.17, 15) is 19.1 Å². The molecular formula is C21H24FN5O4. The molecule has 0 spiro atoms. The lowest BCUT2D eigenvalue weighted by Crippen LogP contribution is -2.45. The lowest BCUT2D eigenvalue weighted by Gasteiger charge is -2.37. The smallest absolute Gasteiger partial charge is 0.341 e. The van der Waals surface area contributed by atoms with E-state index in [0.29, 0.717) is 30.0 Å². The maximum absolute atomic E-state index is 15.0. The Balaban J connectivity index is 0.000000407. The summed E-state index contributed by atoms with van der Waals surface area (Å²) in [5.41, 5.74) is -0.224. The molecule has 0 bridgehead atoms. The first kappa shape index (κ1) is 20.9. The van der Waals surface area contributed by atoms with Gasteiger partial charge in [0.05, 0.1) is 23.3 Å². The van der Waals surface area contributed by atoms with E-state index in [1.54, 1.807) is 23.3 Å². The fourth-order valence-electron chi connectivity index (χ4n) is 3.90. The average Bonchev–Trinajstić information content (AvgIpc) is 3.33. The van der Waals surface area contributed by atoms with Crippen LogP contribution in [0.2, 0.25) is 0 Å². The van der Waals surface area contributed by atoms with Crippen LogP contribution >= 0.6 is 0 Å². The molecule has 164 valence electrons. The summed E-state index contributed by atoms with van der Waals surface area (Å²) < 4.78 is 22.6. The molecule has 2 aromatic heterocycles. The van der Waals surface area contributed by atoms with Crippen LogP contribution in [-0.2, 0) is 0 Å². The number of carbonyl (C=O) groups is 1. The van der Waals surface area contributed by atoms with Crippen molar-refractivity contribution in [2.75, 3.05) is 44.7 Å². The van der Waals surface area contributed by atoms with E-state index in [-0.39, 0.29) is 23.6 Å². The number of nitrogens with zero attached hydrogens (tertiary/aromatic N) is 4. The lowest BCUT2D eigenvalue weighted by atomic mass is 10.1. The first-order chi connectivity index (χ1) is 14.9. The van der Waals surface area contributed by atoms with Crippen molar-refractivity contribution in [2.24, 2.45) is 0 Å². The average molecular weight is 429 g/mol. The number of pyridine rings is 1. The van der Waals surface area contributed by atoms with Gasteiger partial charge >= 0.3 is 5.97 Å². The minimum atomic E-state index is -1.32. The number of aromatic carboxylic acids is 1. The van der Waals surface area contributed by atoms with Gasteiger partial charge in [-0.15, -0.1) is 0 Å². The first-order valence-electron chi connectivity index (χ1n) is 10.0. The van der Waals surface area contributed by atoms with Gasteiger partial charge < -0.3 is 29.2 Å². The fourth-order valence-corrected chi connectivity index (χ4v) is 3.90. The summed E-state index contributed by atoms with van der Waals surface area (Å²) in [5, 5.41) is 9.36. The molecule has 1 aromatic carbocycles. The van der Waals surface area contributed by atoms with Crippen LogP contribution in [0.4, 0.5) is 10.1 Å². The Labute approximate surface area is 177 Å². The largest absolute Gasteiger partial charge is 0.487 e. The molecule has 2 aliphatic heterocycles. The van der Waals surface area contributed by atoms with Gasteiger partial charge in [-0.3, -0.25) is 4.79 Å². The van der Waals surface area contributed by atoms with Gasteiger partial charge in [0.1, 0.15) is 17.9 Å². The molecule has 0 amide bonds. The third-order valence-electron chi connectivity index (χ3n) is 5.60. The Kier molecular flexibility index (Phi) is 5.64.